The molecule has 0 bridgehead atoms. The van der Waals surface area contributed by atoms with Gasteiger partial charge in [0.1, 0.15) is 5.69 Å². The molecule has 0 aliphatic heterocycles. The molecule has 110 valence electrons. The lowest BCUT2D eigenvalue weighted by Gasteiger charge is -2.20. The van der Waals surface area contributed by atoms with E-state index < -0.39 is 0 Å². The second-order valence-electron chi connectivity index (χ2n) is 4.39. The Balaban J connectivity index is 2.46. The molecule has 2 aromatic heterocycles. The van der Waals surface area contributed by atoms with Crippen molar-refractivity contribution in [3.8, 4) is 5.75 Å². The van der Waals surface area contributed by atoms with Gasteiger partial charge >= 0.3 is 0 Å². The summed E-state index contributed by atoms with van der Waals surface area (Å²) in [6, 6.07) is 2.18. The number of hydrogen-bond donors (Lipinski definition) is 1. The maximum atomic E-state index is 5.45. The van der Waals surface area contributed by atoms with E-state index in [1.807, 2.05) is 11.7 Å². The number of aromatic nitrogens is 2. The first-order valence-corrected chi connectivity index (χ1v) is 8.72. The molecule has 0 aromatic carbocycles. The van der Waals surface area contributed by atoms with Gasteiger partial charge < -0.3 is 10.1 Å². The van der Waals surface area contributed by atoms with E-state index in [9.17, 15) is 0 Å². The molecule has 2 aromatic rings. The maximum absolute atomic E-state index is 5.45. The Kier molecular flexibility index (Phi) is 5.65. The number of thiophene rings is 1. The SMILES string of the molecule is CCCNC(c1cc(Br)sc1Br)c1c(OC)cnn1C. The van der Waals surface area contributed by atoms with Gasteiger partial charge in [-0.15, -0.1) is 11.3 Å². The van der Waals surface area contributed by atoms with Crippen molar-refractivity contribution in [3.05, 3.63) is 31.1 Å². The molecule has 2 rings (SSSR count). The third-order valence-corrected chi connectivity index (χ3v) is 5.42. The lowest BCUT2D eigenvalue weighted by Crippen LogP contribution is -2.25. The van der Waals surface area contributed by atoms with E-state index >= 15 is 0 Å². The van der Waals surface area contributed by atoms with Crippen molar-refractivity contribution in [1.29, 1.82) is 0 Å². The first-order chi connectivity index (χ1) is 9.58. The first kappa shape index (κ1) is 16.0. The van der Waals surface area contributed by atoms with E-state index in [2.05, 4.69) is 55.3 Å². The van der Waals surface area contributed by atoms with Crippen LogP contribution in [0.3, 0.4) is 0 Å². The summed E-state index contributed by atoms with van der Waals surface area (Å²) in [5.41, 5.74) is 2.23. The van der Waals surface area contributed by atoms with Crippen molar-refractivity contribution in [2.24, 2.45) is 7.05 Å². The van der Waals surface area contributed by atoms with Gasteiger partial charge in [0.2, 0.25) is 0 Å². The molecule has 2 heterocycles. The summed E-state index contributed by atoms with van der Waals surface area (Å²) in [5.74, 6) is 0.801. The number of halogens is 2. The number of ether oxygens (including phenoxy) is 1. The Morgan fingerprint density at radius 3 is 2.80 bits per heavy atom. The summed E-state index contributed by atoms with van der Waals surface area (Å²) < 4.78 is 9.53. The van der Waals surface area contributed by atoms with Crippen LogP contribution in [0.1, 0.15) is 30.6 Å². The maximum Gasteiger partial charge on any atom is 0.161 e. The zero-order chi connectivity index (χ0) is 14.7. The zero-order valence-corrected chi connectivity index (χ0v) is 15.6. The molecule has 0 aliphatic carbocycles. The number of rotatable bonds is 6. The lowest BCUT2D eigenvalue weighted by molar-refractivity contribution is 0.400. The summed E-state index contributed by atoms with van der Waals surface area (Å²) in [7, 11) is 3.61. The third kappa shape index (κ3) is 3.27. The summed E-state index contributed by atoms with van der Waals surface area (Å²) in [6.45, 7) is 3.09. The molecule has 1 atom stereocenters. The van der Waals surface area contributed by atoms with E-state index in [-0.39, 0.29) is 6.04 Å². The van der Waals surface area contributed by atoms with Crippen molar-refractivity contribution in [3.63, 3.8) is 0 Å². The zero-order valence-electron chi connectivity index (χ0n) is 11.6. The Morgan fingerprint density at radius 1 is 1.50 bits per heavy atom. The van der Waals surface area contributed by atoms with Gasteiger partial charge in [0.05, 0.1) is 26.9 Å². The van der Waals surface area contributed by atoms with Crippen LogP contribution < -0.4 is 10.1 Å². The minimum Gasteiger partial charge on any atom is -0.493 e. The fraction of sp³-hybridized carbons (Fsp3) is 0.462. The van der Waals surface area contributed by atoms with Crippen molar-refractivity contribution in [2.75, 3.05) is 13.7 Å². The van der Waals surface area contributed by atoms with Crippen LogP contribution in [0.2, 0.25) is 0 Å². The van der Waals surface area contributed by atoms with Crippen LogP contribution in [0, 0.1) is 0 Å². The second kappa shape index (κ2) is 7.06. The molecular weight excluding hydrogens is 406 g/mol. The average molecular weight is 423 g/mol. The Morgan fingerprint density at radius 2 is 2.25 bits per heavy atom. The third-order valence-electron chi connectivity index (χ3n) is 3.04. The van der Waals surface area contributed by atoms with Gasteiger partial charge in [-0.1, -0.05) is 6.92 Å². The van der Waals surface area contributed by atoms with Gasteiger partial charge in [-0.05, 0) is 50.9 Å². The van der Waals surface area contributed by atoms with Crippen LogP contribution in [0.5, 0.6) is 5.75 Å². The molecule has 7 heteroatoms. The highest BCUT2D eigenvalue weighted by molar-refractivity contribution is 9.12. The minimum absolute atomic E-state index is 0.0503. The molecule has 1 N–H and O–H groups in total. The topological polar surface area (TPSA) is 39.1 Å². The molecule has 4 nitrogen and oxygen atoms in total. The van der Waals surface area contributed by atoms with E-state index in [0.29, 0.717) is 0 Å². The highest BCUT2D eigenvalue weighted by Crippen LogP contribution is 2.39. The van der Waals surface area contributed by atoms with Gasteiger partial charge in [0, 0.05) is 12.6 Å². The van der Waals surface area contributed by atoms with E-state index in [1.165, 1.54) is 5.56 Å². The van der Waals surface area contributed by atoms with Crippen molar-refractivity contribution in [1.82, 2.24) is 15.1 Å². The van der Waals surface area contributed by atoms with Gasteiger partial charge in [-0.25, -0.2) is 0 Å². The fourth-order valence-corrected chi connectivity index (χ4v) is 5.01. The summed E-state index contributed by atoms with van der Waals surface area (Å²) in [5, 5.41) is 7.88. The predicted molar refractivity (Wildman–Crippen MR) is 89.6 cm³/mol. The van der Waals surface area contributed by atoms with Crippen molar-refractivity contribution >= 4 is 43.2 Å². The molecule has 0 radical (unpaired) electrons. The molecule has 20 heavy (non-hydrogen) atoms. The van der Waals surface area contributed by atoms with Gasteiger partial charge in [0.25, 0.3) is 0 Å². The molecule has 0 spiro atoms. The Bertz CT molecular complexity index is 582. The van der Waals surface area contributed by atoms with Crippen LogP contribution in [-0.2, 0) is 7.05 Å². The first-order valence-electron chi connectivity index (χ1n) is 6.32. The smallest absolute Gasteiger partial charge is 0.161 e. The van der Waals surface area contributed by atoms with Gasteiger partial charge in [0.15, 0.2) is 5.75 Å². The molecule has 0 aliphatic rings. The monoisotopic (exact) mass is 421 g/mol. The summed E-state index contributed by atoms with van der Waals surface area (Å²) in [6.07, 6.45) is 2.82. The van der Waals surface area contributed by atoms with Crippen molar-refractivity contribution in [2.45, 2.75) is 19.4 Å². The van der Waals surface area contributed by atoms with E-state index in [4.69, 9.17) is 4.74 Å². The molecule has 1 unspecified atom stereocenters. The predicted octanol–water partition coefficient (Wildman–Crippen LogP) is 4.10. The number of hydrogen-bond acceptors (Lipinski definition) is 4. The van der Waals surface area contributed by atoms with Crippen molar-refractivity contribution < 1.29 is 4.74 Å². The van der Waals surface area contributed by atoms with Crippen LogP contribution in [0.25, 0.3) is 0 Å². The highest BCUT2D eigenvalue weighted by Gasteiger charge is 2.25. The molecule has 0 amide bonds. The summed E-state index contributed by atoms with van der Waals surface area (Å²) in [4.78, 5) is 0. The molecule has 0 saturated heterocycles. The number of nitrogens with zero attached hydrogens (tertiary/aromatic N) is 2. The number of methoxy groups -OCH3 is 1. The molecule has 0 fully saturated rings. The Hall–Kier alpha value is -0.370. The van der Waals surface area contributed by atoms with Crippen LogP contribution >= 0.6 is 43.2 Å². The quantitative estimate of drug-likeness (QED) is 0.761. The largest absolute Gasteiger partial charge is 0.493 e. The van der Waals surface area contributed by atoms with Crippen LogP contribution in [0.15, 0.2) is 19.8 Å². The highest BCUT2D eigenvalue weighted by atomic mass is 79.9. The normalized spacial score (nSPS) is 12.7. The number of nitrogens with one attached hydrogen (secondary N) is 1. The lowest BCUT2D eigenvalue weighted by atomic mass is 10.1. The van der Waals surface area contributed by atoms with Crippen LogP contribution in [-0.4, -0.2) is 23.4 Å². The number of aryl methyl sites for hydroxylation is 1. The van der Waals surface area contributed by atoms with Gasteiger partial charge in [-0.2, -0.15) is 5.10 Å². The molecule has 0 saturated carbocycles. The Labute approximate surface area is 139 Å². The molecular formula is C13H17Br2N3OS. The standard InChI is InChI=1S/C13H17Br2N3OS/c1-4-5-16-11(8-6-10(14)20-13(8)15)12-9(19-3)7-17-18(12)2/h6-7,11,16H,4-5H2,1-3H3. The van der Waals surface area contributed by atoms with Gasteiger partial charge in [-0.3, -0.25) is 4.68 Å². The fourth-order valence-electron chi connectivity index (χ4n) is 2.11. The second-order valence-corrected chi connectivity index (χ2v) is 8.14. The van der Waals surface area contributed by atoms with Crippen LogP contribution in [0.4, 0.5) is 0 Å². The average Bonchev–Trinajstić information content (AvgIpc) is 2.94. The minimum atomic E-state index is 0.0503. The summed E-state index contributed by atoms with van der Waals surface area (Å²) >= 11 is 8.86. The van der Waals surface area contributed by atoms with E-state index in [1.54, 1.807) is 24.6 Å². The van der Waals surface area contributed by atoms with E-state index in [0.717, 1.165) is 32.0 Å².